The zero-order valence-corrected chi connectivity index (χ0v) is 12.2. The zero-order valence-electron chi connectivity index (χ0n) is 10.6. The van der Waals surface area contributed by atoms with Gasteiger partial charge in [-0.05, 0) is 35.7 Å². The predicted molar refractivity (Wildman–Crippen MR) is 75.8 cm³/mol. The molecule has 0 unspecified atom stereocenters. The van der Waals surface area contributed by atoms with Crippen molar-refractivity contribution in [3.63, 3.8) is 0 Å². The van der Waals surface area contributed by atoms with Gasteiger partial charge >= 0.3 is 0 Å². The maximum atomic E-state index is 5.42. The molecule has 0 radical (unpaired) electrons. The van der Waals surface area contributed by atoms with E-state index < -0.39 is 0 Å². The molecule has 5 heteroatoms. The number of hydrogen-bond donors (Lipinski definition) is 1. The van der Waals surface area contributed by atoms with Crippen LogP contribution in [0.1, 0.15) is 31.5 Å². The quantitative estimate of drug-likeness (QED) is 0.477. The van der Waals surface area contributed by atoms with Crippen LogP contribution in [0, 0.1) is 0 Å². The lowest BCUT2D eigenvalue weighted by molar-refractivity contribution is 0.167. The Morgan fingerprint density at radius 2 is 2.33 bits per heavy atom. The number of hydrogen-bond acceptors (Lipinski definition) is 4. The van der Waals surface area contributed by atoms with Crippen LogP contribution in [0.3, 0.4) is 0 Å². The van der Waals surface area contributed by atoms with Gasteiger partial charge in [0.05, 0.1) is 13.2 Å². The van der Waals surface area contributed by atoms with Crippen molar-refractivity contribution in [1.29, 1.82) is 0 Å². The van der Waals surface area contributed by atoms with Crippen LogP contribution in [-0.2, 0) is 4.74 Å². The lowest BCUT2D eigenvalue weighted by Crippen LogP contribution is -2.12. The van der Waals surface area contributed by atoms with Gasteiger partial charge in [-0.25, -0.2) is 9.97 Å². The molecular formula is C13H18BrN3O. The van der Waals surface area contributed by atoms with Crippen molar-refractivity contribution < 1.29 is 4.74 Å². The third-order valence-electron chi connectivity index (χ3n) is 2.56. The van der Waals surface area contributed by atoms with E-state index in [1.165, 1.54) is 12.8 Å². The number of aromatic nitrogens is 2. The van der Waals surface area contributed by atoms with Crippen LogP contribution >= 0.6 is 15.9 Å². The molecular weight excluding hydrogens is 294 g/mol. The minimum atomic E-state index is 0.558. The van der Waals surface area contributed by atoms with E-state index in [-0.39, 0.29) is 0 Å². The van der Waals surface area contributed by atoms with Crippen LogP contribution in [0.15, 0.2) is 22.8 Å². The molecule has 0 aliphatic heterocycles. The van der Waals surface area contributed by atoms with Gasteiger partial charge in [-0.1, -0.05) is 12.2 Å². The first-order valence-corrected chi connectivity index (χ1v) is 6.95. The monoisotopic (exact) mass is 311 g/mol. The van der Waals surface area contributed by atoms with Gasteiger partial charge in [0.2, 0.25) is 0 Å². The number of rotatable bonds is 7. The molecule has 2 rings (SSSR count). The molecule has 1 heterocycles. The topological polar surface area (TPSA) is 47.0 Å². The summed E-state index contributed by atoms with van der Waals surface area (Å²) in [6.07, 6.45) is 2.41. The highest BCUT2D eigenvalue weighted by molar-refractivity contribution is 9.10. The molecule has 1 aliphatic rings. The van der Waals surface area contributed by atoms with Gasteiger partial charge in [-0.15, -0.1) is 0 Å². The second kappa shape index (κ2) is 6.29. The summed E-state index contributed by atoms with van der Waals surface area (Å²) >= 11 is 3.42. The summed E-state index contributed by atoms with van der Waals surface area (Å²) in [5.41, 5.74) is 1.04. The van der Waals surface area contributed by atoms with Crippen molar-refractivity contribution >= 4 is 21.7 Å². The van der Waals surface area contributed by atoms with E-state index in [0.717, 1.165) is 28.4 Å². The molecule has 1 fully saturated rings. The number of ether oxygens (including phenoxy) is 1. The number of nitrogens with zero attached hydrogens (tertiary/aromatic N) is 2. The van der Waals surface area contributed by atoms with Crippen LogP contribution in [0.5, 0.6) is 0 Å². The molecule has 1 saturated carbocycles. The zero-order chi connectivity index (χ0) is 13.0. The molecule has 0 bridgehead atoms. The average Bonchev–Trinajstić information content (AvgIpc) is 3.11. The molecule has 0 saturated heterocycles. The lowest BCUT2D eigenvalue weighted by Gasteiger charge is -2.08. The fourth-order valence-electron chi connectivity index (χ4n) is 1.55. The van der Waals surface area contributed by atoms with E-state index in [4.69, 9.17) is 4.74 Å². The van der Waals surface area contributed by atoms with E-state index in [1.807, 2.05) is 13.0 Å². The first-order valence-electron chi connectivity index (χ1n) is 6.15. The summed E-state index contributed by atoms with van der Waals surface area (Å²) in [4.78, 5) is 8.89. The van der Waals surface area contributed by atoms with Gasteiger partial charge < -0.3 is 10.1 Å². The third kappa shape index (κ3) is 4.38. The van der Waals surface area contributed by atoms with Crippen LogP contribution in [0.2, 0.25) is 0 Å². The van der Waals surface area contributed by atoms with E-state index in [9.17, 15) is 0 Å². The average molecular weight is 312 g/mol. The van der Waals surface area contributed by atoms with Gasteiger partial charge in [0.1, 0.15) is 16.2 Å². The second-order valence-electron chi connectivity index (χ2n) is 4.64. The molecule has 1 aromatic heterocycles. The van der Waals surface area contributed by atoms with Crippen LogP contribution in [0.25, 0.3) is 0 Å². The van der Waals surface area contributed by atoms with E-state index in [1.54, 1.807) is 0 Å². The van der Waals surface area contributed by atoms with E-state index in [0.29, 0.717) is 19.1 Å². The fourth-order valence-corrected chi connectivity index (χ4v) is 1.95. The highest BCUT2D eigenvalue weighted by atomic mass is 79.9. The summed E-state index contributed by atoms with van der Waals surface area (Å²) in [7, 11) is 0. The van der Waals surface area contributed by atoms with E-state index in [2.05, 4.69) is 37.8 Å². The van der Waals surface area contributed by atoms with Gasteiger partial charge in [0.15, 0.2) is 0 Å². The number of nitrogens with one attached hydrogen (secondary N) is 1. The van der Waals surface area contributed by atoms with Crippen molar-refractivity contribution in [2.45, 2.75) is 25.7 Å². The third-order valence-corrected chi connectivity index (χ3v) is 2.96. The Labute approximate surface area is 116 Å². The highest BCUT2D eigenvalue weighted by Gasteiger charge is 2.27. The molecule has 18 heavy (non-hydrogen) atoms. The summed E-state index contributed by atoms with van der Waals surface area (Å²) in [5.74, 6) is 2.36. The maximum Gasteiger partial charge on any atom is 0.135 e. The predicted octanol–water partition coefficient (Wildman–Crippen LogP) is 3.12. The Bertz CT molecular complexity index is 432. The first-order chi connectivity index (χ1) is 8.65. The molecule has 98 valence electrons. The second-order valence-corrected chi connectivity index (χ2v) is 5.46. The Balaban J connectivity index is 1.79. The van der Waals surface area contributed by atoms with Gasteiger partial charge in [0.25, 0.3) is 0 Å². The minimum absolute atomic E-state index is 0.558. The van der Waals surface area contributed by atoms with Crippen LogP contribution in [-0.4, -0.2) is 29.7 Å². The summed E-state index contributed by atoms with van der Waals surface area (Å²) < 4.78 is 6.26. The molecule has 1 N–H and O–H groups in total. The lowest BCUT2D eigenvalue weighted by atomic mass is 10.4. The number of halogens is 1. The molecule has 0 spiro atoms. The van der Waals surface area contributed by atoms with Crippen molar-refractivity contribution in [1.82, 2.24) is 9.97 Å². The molecule has 0 amide bonds. The highest BCUT2D eigenvalue weighted by Crippen LogP contribution is 2.38. The Kier molecular flexibility index (Phi) is 4.72. The summed E-state index contributed by atoms with van der Waals surface area (Å²) in [5, 5.41) is 3.25. The van der Waals surface area contributed by atoms with Crippen molar-refractivity contribution in [2.75, 3.05) is 25.1 Å². The van der Waals surface area contributed by atoms with E-state index >= 15 is 0 Å². The molecule has 0 atom stereocenters. The minimum Gasteiger partial charge on any atom is -0.375 e. The van der Waals surface area contributed by atoms with Crippen molar-refractivity contribution in [2.24, 2.45) is 0 Å². The summed E-state index contributed by atoms with van der Waals surface area (Å²) in [6, 6.07) is 1.89. The molecule has 0 aromatic carbocycles. The Hall–Kier alpha value is -0.940. The summed E-state index contributed by atoms with van der Waals surface area (Å²) in [6.45, 7) is 7.74. The largest absolute Gasteiger partial charge is 0.375 e. The maximum absolute atomic E-state index is 5.42. The van der Waals surface area contributed by atoms with Crippen molar-refractivity contribution in [3.8, 4) is 0 Å². The van der Waals surface area contributed by atoms with Crippen LogP contribution < -0.4 is 5.32 Å². The first kappa shape index (κ1) is 13.5. The Morgan fingerprint density at radius 3 is 3.00 bits per heavy atom. The molecule has 1 aromatic rings. The SMILES string of the molecule is C=C(C)COCCNc1cc(Br)nc(C2CC2)n1. The van der Waals surface area contributed by atoms with Gasteiger partial charge in [-0.3, -0.25) is 0 Å². The smallest absolute Gasteiger partial charge is 0.135 e. The van der Waals surface area contributed by atoms with Gasteiger partial charge in [0, 0.05) is 18.5 Å². The van der Waals surface area contributed by atoms with Gasteiger partial charge in [-0.2, -0.15) is 0 Å². The molecule has 1 aliphatic carbocycles. The fraction of sp³-hybridized carbons (Fsp3) is 0.538. The number of anilines is 1. The Morgan fingerprint density at radius 1 is 1.56 bits per heavy atom. The molecule has 4 nitrogen and oxygen atoms in total. The standard InChI is InChI=1S/C13H18BrN3O/c1-9(2)8-18-6-5-15-12-7-11(14)16-13(17-12)10-3-4-10/h7,10H,1,3-6,8H2,2H3,(H,15,16,17). The van der Waals surface area contributed by atoms with Crippen molar-refractivity contribution in [3.05, 3.63) is 28.6 Å². The normalized spacial score (nSPS) is 14.6. The van der Waals surface area contributed by atoms with Crippen LogP contribution in [0.4, 0.5) is 5.82 Å².